The zero-order valence-corrected chi connectivity index (χ0v) is 16.3. The molecule has 1 heterocycles. The molecule has 6 nitrogen and oxygen atoms in total. The molecule has 0 aliphatic carbocycles. The molecule has 7 heteroatoms. The van der Waals surface area contributed by atoms with Gasteiger partial charge in [0, 0.05) is 22.4 Å². The van der Waals surface area contributed by atoms with Crippen LogP contribution in [0.3, 0.4) is 0 Å². The number of carbonyl (C=O) groups is 1. The molecule has 2 aromatic carbocycles. The molecule has 0 aliphatic heterocycles. The number of aryl methyl sites for hydroxylation is 1. The zero-order chi connectivity index (χ0) is 19.4. The quantitative estimate of drug-likeness (QED) is 0.680. The van der Waals surface area contributed by atoms with Gasteiger partial charge in [0.05, 0.1) is 6.54 Å². The minimum atomic E-state index is -0.521. The highest BCUT2D eigenvalue weighted by molar-refractivity contribution is 9.10. The van der Waals surface area contributed by atoms with Gasteiger partial charge in [0.15, 0.2) is 0 Å². The van der Waals surface area contributed by atoms with Gasteiger partial charge >= 0.3 is 5.69 Å². The fourth-order valence-corrected chi connectivity index (χ4v) is 3.03. The molecule has 1 amide bonds. The van der Waals surface area contributed by atoms with Crippen molar-refractivity contribution in [1.82, 2.24) is 9.13 Å². The van der Waals surface area contributed by atoms with Crippen LogP contribution in [0.1, 0.15) is 11.1 Å². The van der Waals surface area contributed by atoms with E-state index in [0.29, 0.717) is 12.2 Å². The Bertz CT molecular complexity index is 1090. The van der Waals surface area contributed by atoms with Gasteiger partial charge in [-0.3, -0.25) is 18.7 Å². The second-order valence-corrected chi connectivity index (χ2v) is 7.06. The van der Waals surface area contributed by atoms with Gasteiger partial charge in [-0.15, -0.1) is 0 Å². The van der Waals surface area contributed by atoms with Crippen molar-refractivity contribution in [1.29, 1.82) is 0 Å². The fourth-order valence-electron chi connectivity index (χ4n) is 2.67. The van der Waals surface area contributed by atoms with E-state index in [1.807, 2.05) is 49.4 Å². The molecule has 27 heavy (non-hydrogen) atoms. The summed E-state index contributed by atoms with van der Waals surface area (Å²) >= 11 is 3.36. The summed E-state index contributed by atoms with van der Waals surface area (Å²) in [6.07, 6.45) is 1.45. The summed E-state index contributed by atoms with van der Waals surface area (Å²) in [6, 6.07) is 16.2. The lowest BCUT2D eigenvalue weighted by molar-refractivity contribution is -0.116. The van der Waals surface area contributed by atoms with Crippen LogP contribution in [0, 0.1) is 6.92 Å². The van der Waals surface area contributed by atoms with E-state index in [2.05, 4.69) is 21.2 Å². The summed E-state index contributed by atoms with van der Waals surface area (Å²) in [7, 11) is 0. The van der Waals surface area contributed by atoms with E-state index in [4.69, 9.17) is 0 Å². The lowest BCUT2D eigenvalue weighted by Gasteiger charge is -2.12. The number of aromatic nitrogens is 2. The Kier molecular flexibility index (Phi) is 5.71. The van der Waals surface area contributed by atoms with E-state index in [1.165, 1.54) is 16.8 Å². The maximum absolute atomic E-state index is 12.6. The fraction of sp³-hybridized carbons (Fsp3) is 0.150. The summed E-state index contributed by atoms with van der Waals surface area (Å²) in [5.41, 5.74) is 1.41. The number of anilines is 1. The number of amides is 1. The first-order chi connectivity index (χ1) is 12.9. The highest BCUT2D eigenvalue weighted by atomic mass is 79.9. The Balaban J connectivity index is 1.83. The number of nitrogens with one attached hydrogen (secondary N) is 1. The van der Waals surface area contributed by atoms with Crippen LogP contribution in [0.15, 0.2) is 74.9 Å². The average molecular weight is 428 g/mol. The van der Waals surface area contributed by atoms with Gasteiger partial charge in [-0.05, 0) is 30.2 Å². The maximum Gasteiger partial charge on any atom is 0.331 e. The standard InChI is InChI=1S/C20H18BrN3O3/c1-14-7-8-16(21)11-17(14)22-18(25)13-24-19(26)9-10-23(20(24)27)12-15-5-3-2-4-6-15/h2-11H,12-13H2,1H3,(H,22,25). The molecule has 0 saturated heterocycles. The van der Waals surface area contributed by atoms with Crippen LogP contribution >= 0.6 is 15.9 Å². The number of rotatable bonds is 5. The van der Waals surface area contributed by atoms with Gasteiger partial charge in [0.1, 0.15) is 6.54 Å². The minimum absolute atomic E-state index is 0.326. The Morgan fingerprint density at radius 3 is 2.56 bits per heavy atom. The molecule has 0 fully saturated rings. The number of hydrogen-bond donors (Lipinski definition) is 1. The molecular weight excluding hydrogens is 410 g/mol. The molecule has 0 saturated carbocycles. The molecule has 0 aliphatic rings. The van der Waals surface area contributed by atoms with Crippen molar-refractivity contribution in [2.24, 2.45) is 0 Å². The number of nitrogens with zero attached hydrogens (tertiary/aromatic N) is 2. The Hall–Kier alpha value is -2.93. The van der Waals surface area contributed by atoms with Crippen molar-refractivity contribution in [2.45, 2.75) is 20.0 Å². The molecule has 138 valence electrons. The third kappa shape index (κ3) is 4.62. The normalized spacial score (nSPS) is 10.6. The monoisotopic (exact) mass is 427 g/mol. The average Bonchev–Trinajstić information content (AvgIpc) is 2.65. The van der Waals surface area contributed by atoms with E-state index < -0.39 is 17.2 Å². The Morgan fingerprint density at radius 1 is 1.07 bits per heavy atom. The van der Waals surface area contributed by atoms with Gasteiger partial charge in [0.25, 0.3) is 5.56 Å². The molecule has 3 rings (SSSR count). The first-order valence-electron chi connectivity index (χ1n) is 8.34. The van der Waals surface area contributed by atoms with Crippen molar-refractivity contribution in [3.63, 3.8) is 0 Å². The lowest BCUT2D eigenvalue weighted by atomic mass is 10.2. The lowest BCUT2D eigenvalue weighted by Crippen LogP contribution is -2.41. The van der Waals surface area contributed by atoms with Gasteiger partial charge in [0.2, 0.25) is 5.91 Å². The van der Waals surface area contributed by atoms with Gasteiger partial charge in [-0.25, -0.2) is 4.79 Å². The first kappa shape index (κ1) is 18.8. The molecule has 0 atom stereocenters. The van der Waals surface area contributed by atoms with E-state index in [-0.39, 0.29) is 6.54 Å². The van der Waals surface area contributed by atoms with Gasteiger partial charge < -0.3 is 5.32 Å². The number of carbonyl (C=O) groups excluding carboxylic acids is 1. The predicted octanol–water partition coefficient (Wildman–Crippen LogP) is 2.77. The molecule has 0 bridgehead atoms. The topological polar surface area (TPSA) is 73.1 Å². The number of benzene rings is 2. The summed E-state index contributed by atoms with van der Waals surface area (Å²) in [6.45, 7) is 1.84. The van der Waals surface area contributed by atoms with Crippen LogP contribution in [0.4, 0.5) is 5.69 Å². The van der Waals surface area contributed by atoms with Crippen LogP contribution in [0.2, 0.25) is 0 Å². The smallest absolute Gasteiger partial charge is 0.324 e. The van der Waals surface area contributed by atoms with Gasteiger partial charge in [-0.1, -0.05) is 52.3 Å². The Morgan fingerprint density at radius 2 is 1.81 bits per heavy atom. The summed E-state index contributed by atoms with van der Waals surface area (Å²) in [5.74, 6) is -0.437. The zero-order valence-electron chi connectivity index (χ0n) is 14.7. The molecule has 0 unspecified atom stereocenters. The second-order valence-electron chi connectivity index (χ2n) is 6.14. The summed E-state index contributed by atoms with van der Waals surface area (Å²) in [4.78, 5) is 37.1. The molecule has 3 aromatic rings. The van der Waals surface area contributed by atoms with Crippen LogP contribution in [0.5, 0.6) is 0 Å². The highest BCUT2D eigenvalue weighted by Gasteiger charge is 2.11. The third-order valence-corrected chi connectivity index (χ3v) is 4.60. The van der Waals surface area contributed by atoms with Crippen molar-refractivity contribution >= 4 is 27.5 Å². The van der Waals surface area contributed by atoms with Crippen LogP contribution < -0.4 is 16.6 Å². The first-order valence-corrected chi connectivity index (χ1v) is 9.13. The SMILES string of the molecule is Cc1ccc(Br)cc1NC(=O)Cn1c(=O)ccn(Cc2ccccc2)c1=O. The van der Waals surface area contributed by atoms with E-state index in [9.17, 15) is 14.4 Å². The third-order valence-electron chi connectivity index (χ3n) is 4.11. The maximum atomic E-state index is 12.6. The summed E-state index contributed by atoms with van der Waals surface area (Å²) < 4.78 is 3.17. The molecule has 0 spiro atoms. The summed E-state index contributed by atoms with van der Waals surface area (Å²) in [5, 5.41) is 2.75. The highest BCUT2D eigenvalue weighted by Crippen LogP contribution is 2.20. The molecular formula is C20H18BrN3O3. The van der Waals surface area contributed by atoms with Crippen LogP contribution in [-0.2, 0) is 17.9 Å². The van der Waals surface area contributed by atoms with Gasteiger partial charge in [-0.2, -0.15) is 0 Å². The second kappa shape index (κ2) is 8.18. The van der Waals surface area contributed by atoms with E-state index in [1.54, 1.807) is 6.07 Å². The van der Waals surface area contributed by atoms with Crippen molar-refractivity contribution in [3.05, 3.63) is 97.2 Å². The van der Waals surface area contributed by atoms with E-state index >= 15 is 0 Å². The van der Waals surface area contributed by atoms with Crippen LogP contribution in [0.25, 0.3) is 0 Å². The van der Waals surface area contributed by atoms with Crippen molar-refractivity contribution < 1.29 is 4.79 Å². The predicted molar refractivity (Wildman–Crippen MR) is 108 cm³/mol. The molecule has 1 N–H and O–H groups in total. The van der Waals surface area contributed by atoms with E-state index in [0.717, 1.165) is 20.2 Å². The van der Waals surface area contributed by atoms with Crippen molar-refractivity contribution in [3.8, 4) is 0 Å². The minimum Gasteiger partial charge on any atom is -0.324 e. The molecule has 0 radical (unpaired) electrons. The van der Waals surface area contributed by atoms with Crippen molar-refractivity contribution in [2.75, 3.05) is 5.32 Å². The Labute approximate surface area is 164 Å². The van der Waals surface area contributed by atoms with Crippen LogP contribution in [-0.4, -0.2) is 15.0 Å². The number of hydrogen-bond acceptors (Lipinski definition) is 3. The largest absolute Gasteiger partial charge is 0.331 e. The number of halogens is 1. The molecule has 1 aromatic heterocycles.